The van der Waals surface area contributed by atoms with E-state index in [0.717, 1.165) is 27.3 Å². The van der Waals surface area contributed by atoms with E-state index in [-0.39, 0.29) is 30.7 Å². The van der Waals surface area contributed by atoms with Crippen LogP contribution in [0.2, 0.25) is 5.02 Å². The highest BCUT2D eigenvalue weighted by Crippen LogP contribution is 2.34. The van der Waals surface area contributed by atoms with Crippen LogP contribution in [0.5, 0.6) is 5.75 Å². The lowest BCUT2D eigenvalue weighted by molar-refractivity contribution is -0.137. The van der Waals surface area contributed by atoms with Crippen LogP contribution in [-0.4, -0.2) is 29.9 Å². The molecule has 0 saturated heterocycles. The van der Waals surface area contributed by atoms with Crippen LogP contribution >= 0.6 is 22.9 Å². The van der Waals surface area contributed by atoms with Crippen LogP contribution in [0, 0.1) is 20.8 Å². The Balaban J connectivity index is 1.57. The number of benzene rings is 2. The molecule has 1 N–H and O–H groups in total. The number of hydrogen-bond acceptors (Lipinski definition) is 5. The van der Waals surface area contributed by atoms with Crippen LogP contribution in [0.25, 0.3) is 5.57 Å². The van der Waals surface area contributed by atoms with Crippen LogP contribution in [0.4, 0.5) is 5.69 Å². The van der Waals surface area contributed by atoms with Gasteiger partial charge in [0.05, 0.1) is 12.1 Å². The molecule has 164 valence electrons. The molecule has 0 spiro atoms. The van der Waals surface area contributed by atoms with E-state index < -0.39 is 0 Å². The highest BCUT2D eigenvalue weighted by Gasteiger charge is 2.39. The van der Waals surface area contributed by atoms with Gasteiger partial charge in [-0.15, -0.1) is 11.3 Å². The van der Waals surface area contributed by atoms with Gasteiger partial charge in [0.1, 0.15) is 18.1 Å². The first-order chi connectivity index (χ1) is 15.3. The lowest BCUT2D eigenvalue weighted by Gasteiger charge is -2.16. The predicted octanol–water partition coefficient (Wildman–Crippen LogP) is 5.60. The zero-order valence-electron chi connectivity index (χ0n) is 18.1. The van der Waals surface area contributed by atoms with E-state index in [9.17, 15) is 9.59 Å². The molecule has 0 atom stereocenters. The van der Waals surface area contributed by atoms with Crippen LogP contribution < -0.4 is 10.1 Å². The first kappa shape index (κ1) is 22.1. The van der Waals surface area contributed by atoms with E-state index in [2.05, 4.69) is 11.4 Å². The van der Waals surface area contributed by atoms with Gasteiger partial charge in [-0.1, -0.05) is 29.8 Å². The van der Waals surface area contributed by atoms with Gasteiger partial charge in [0, 0.05) is 15.6 Å². The number of rotatable bonds is 7. The molecule has 4 rings (SSSR count). The van der Waals surface area contributed by atoms with Gasteiger partial charge in [0.25, 0.3) is 11.8 Å². The molecule has 0 radical (unpaired) electrons. The topological polar surface area (TPSA) is 58.6 Å². The summed E-state index contributed by atoms with van der Waals surface area (Å²) in [6.07, 6.45) is 0. The lowest BCUT2D eigenvalue weighted by atomic mass is 10.1. The number of hydrogen-bond donors (Lipinski definition) is 1. The molecule has 1 aromatic heterocycles. The SMILES string of the molecule is Cc1cc(C)cc(OCCN2C(=O)C(Nc3cc(Cl)ccc3C)=C(c3cccs3)C2=O)c1. The number of imide groups is 1. The third-order valence-electron chi connectivity index (χ3n) is 5.17. The van der Waals surface area contributed by atoms with Gasteiger partial charge in [-0.25, -0.2) is 0 Å². The summed E-state index contributed by atoms with van der Waals surface area (Å²) in [5.74, 6) is 0.0198. The van der Waals surface area contributed by atoms with Crippen LogP contribution in [0.15, 0.2) is 59.6 Å². The van der Waals surface area contributed by atoms with E-state index in [0.29, 0.717) is 16.3 Å². The highest BCUT2D eigenvalue weighted by molar-refractivity contribution is 7.11. The van der Waals surface area contributed by atoms with Crippen molar-refractivity contribution in [1.29, 1.82) is 0 Å². The van der Waals surface area contributed by atoms with Crippen LogP contribution in [-0.2, 0) is 9.59 Å². The number of halogens is 1. The molecule has 0 bridgehead atoms. The molecule has 0 fully saturated rings. The van der Waals surface area contributed by atoms with Gasteiger partial charge in [0.2, 0.25) is 0 Å². The van der Waals surface area contributed by atoms with Crippen molar-refractivity contribution >= 4 is 46.0 Å². The van der Waals surface area contributed by atoms with Crippen molar-refractivity contribution in [2.24, 2.45) is 0 Å². The standard InChI is InChI=1S/C25H23ClN2O3S/c1-15-11-16(2)13-19(12-15)31-9-8-28-24(29)22(21-5-4-10-32-21)23(25(28)30)27-20-14-18(26)7-6-17(20)3/h4-7,10-14,27H,8-9H2,1-3H3. The van der Waals surface area contributed by atoms with Crippen molar-refractivity contribution < 1.29 is 14.3 Å². The van der Waals surface area contributed by atoms with Crippen LogP contribution in [0.1, 0.15) is 21.6 Å². The second-order valence-electron chi connectivity index (χ2n) is 7.75. The Morgan fingerprint density at radius 2 is 1.75 bits per heavy atom. The van der Waals surface area contributed by atoms with Gasteiger partial charge in [0.15, 0.2) is 0 Å². The van der Waals surface area contributed by atoms with Gasteiger partial charge >= 0.3 is 0 Å². The molecule has 0 unspecified atom stereocenters. The molecule has 1 aliphatic rings. The first-order valence-electron chi connectivity index (χ1n) is 10.2. The van der Waals surface area contributed by atoms with E-state index in [1.807, 2.05) is 56.5 Å². The second kappa shape index (κ2) is 9.18. The maximum Gasteiger partial charge on any atom is 0.278 e. The van der Waals surface area contributed by atoms with E-state index in [4.69, 9.17) is 16.3 Å². The number of aryl methyl sites for hydroxylation is 3. The number of carbonyl (C=O) groups excluding carboxylic acids is 2. The third kappa shape index (κ3) is 4.56. The molecular weight excluding hydrogens is 444 g/mol. The number of amides is 2. The molecule has 3 aromatic rings. The minimum Gasteiger partial charge on any atom is -0.492 e. The summed E-state index contributed by atoms with van der Waals surface area (Å²) in [5, 5.41) is 5.60. The molecule has 2 heterocycles. The van der Waals surface area contributed by atoms with Gasteiger partial charge < -0.3 is 10.1 Å². The number of nitrogens with zero attached hydrogens (tertiary/aromatic N) is 1. The Labute approximate surface area is 196 Å². The average molecular weight is 467 g/mol. The summed E-state index contributed by atoms with van der Waals surface area (Å²) < 4.78 is 5.84. The number of nitrogens with one attached hydrogen (secondary N) is 1. The van der Waals surface area contributed by atoms with Gasteiger partial charge in [-0.2, -0.15) is 0 Å². The maximum atomic E-state index is 13.3. The largest absolute Gasteiger partial charge is 0.492 e. The molecule has 7 heteroatoms. The first-order valence-corrected chi connectivity index (χ1v) is 11.5. The number of thiophene rings is 1. The van der Waals surface area contributed by atoms with Crippen molar-refractivity contribution in [3.63, 3.8) is 0 Å². The molecule has 2 aromatic carbocycles. The van der Waals surface area contributed by atoms with E-state index in [1.54, 1.807) is 12.1 Å². The second-order valence-corrected chi connectivity index (χ2v) is 9.13. The van der Waals surface area contributed by atoms with Gasteiger partial charge in [-0.3, -0.25) is 14.5 Å². The van der Waals surface area contributed by atoms with Crippen molar-refractivity contribution in [2.45, 2.75) is 20.8 Å². The maximum absolute atomic E-state index is 13.3. The smallest absolute Gasteiger partial charge is 0.278 e. The van der Waals surface area contributed by atoms with Crippen molar-refractivity contribution in [1.82, 2.24) is 4.90 Å². The molecule has 1 aliphatic heterocycles. The Bertz CT molecular complexity index is 1200. The summed E-state index contributed by atoms with van der Waals surface area (Å²) >= 11 is 7.57. The minimum absolute atomic E-state index is 0.152. The normalized spacial score (nSPS) is 13.8. The Morgan fingerprint density at radius 3 is 2.44 bits per heavy atom. The molecule has 32 heavy (non-hydrogen) atoms. The van der Waals surface area contributed by atoms with Crippen LogP contribution in [0.3, 0.4) is 0 Å². The molecule has 0 saturated carbocycles. The fourth-order valence-electron chi connectivity index (χ4n) is 3.68. The minimum atomic E-state index is -0.373. The number of carbonyl (C=O) groups is 2. The summed E-state index contributed by atoms with van der Waals surface area (Å²) in [7, 11) is 0. The van der Waals surface area contributed by atoms with Gasteiger partial charge in [-0.05, 0) is 73.2 Å². The van der Waals surface area contributed by atoms with Crippen molar-refractivity contribution in [2.75, 3.05) is 18.5 Å². The zero-order valence-corrected chi connectivity index (χ0v) is 19.6. The molecule has 0 aliphatic carbocycles. The highest BCUT2D eigenvalue weighted by atomic mass is 35.5. The van der Waals surface area contributed by atoms with Crippen molar-refractivity contribution in [3.05, 3.63) is 86.2 Å². The Morgan fingerprint density at radius 1 is 1.00 bits per heavy atom. The van der Waals surface area contributed by atoms with Crippen molar-refractivity contribution in [3.8, 4) is 5.75 Å². The quantitative estimate of drug-likeness (QED) is 0.460. The molecule has 2 amide bonds. The summed E-state index contributed by atoms with van der Waals surface area (Å²) in [4.78, 5) is 28.5. The van der Waals surface area contributed by atoms with E-state index in [1.165, 1.54) is 16.2 Å². The Kier molecular flexibility index (Phi) is 6.35. The zero-order chi connectivity index (χ0) is 22.8. The summed E-state index contributed by atoms with van der Waals surface area (Å²) in [6, 6.07) is 15.0. The Hall–Kier alpha value is -3.09. The lowest BCUT2D eigenvalue weighted by Crippen LogP contribution is -2.36. The predicted molar refractivity (Wildman–Crippen MR) is 129 cm³/mol. The molecular formula is C25H23ClN2O3S. The monoisotopic (exact) mass is 466 g/mol. The fourth-order valence-corrected chi connectivity index (χ4v) is 4.62. The number of ether oxygens (including phenoxy) is 1. The van der Waals surface area contributed by atoms with E-state index >= 15 is 0 Å². The summed E-state index contributed by atoms with van der Waals surface area (Å²) in [6.45, 7) is 6.28. The summed E-state index contributed by atoms with van der Waals surface area (Å²) in [5.41, 5.74) is 4.43. The number of anilines is 1. The fraction of sp³-hybridized carbons (Fsp3) is 0.200. The average Bonchev–Trinajstić information content (AvgIpc) is 3.33. The third-order valence-corrected chi connectivity index (χ3v) is 6.30. The molecule has 5 nitrogen and oxygen atoms in total.